The molecular formula is C48H51N3O. The molecule has 52 heavy (non-hydrogen) atoms. The molecule has 0 aliphatic rings. The van der Waals surface area contributed by atoms with Crippen LogP contribution >= 0.6 is 0 Å². The van der Waals surface area contributed by atoms with Gasteiger partial charge in [0.05, 0.1) is 22.3 Å². The first-order valence-corrected chi connectivity index (χ1v) is 18.0. The minimum Gasteiger partial charge on any atom is -0.507 e. The van der Waals surface area contributed by atoms with Crippen LogP contribution in [0.2, 0.25) is 0 Å². The van der Waals surface area contributed by atoms with Gasteiger partial charge in [0.15, 0.2) is 0 Å². The van der Waals surface area contributed by atoms with Crippen molar-refractivity contribution in [3.63, 3.8) is 0 Å². The smallest absolute Gasteiger partial charge is 0.149 e. The van der Waals surface area contributed by atoms with E-state index < -0.39 is 0 Å². The molecule has 0 bridgehead atoms. The lowest BCUT2D eigenvalue weighted by Gasteiger charge is -2.27. The monoisotopic (exact) mass is 685 g/mol. The van der Waals surface area contributed by atoms with Crippen molar-refractivity contribution in [3.05, 3.63) is 151 Å². The zero-order valence-corrected chi connectivity index (χ0v) is 32.2. The van der Waals surface area contributed by atoms with E-state index >= 15 is 0 Å². The van der Waals surface area contributed by atoms with Crippen LogP contribution in [-0.2, 0) is 16.2 Å². The van der Waals surface area contributed by atoms with Crippen LogP contribution in [0.15, 0.2) is 129 Å². The highest BCUT2D eigenvalue weighted by atomic mass is 16.3. The molecule has 0 saturated heterocycles. The average molecular weight is 686 g/mol. The molecule has 6 rings (SSSR count). The normalized spacial score (nSPS) is 12.7. The van der Waals surface area contributed by atoms with Crippen molar-refractivity contribution in [1.82, 2.24) is 14.5 Å². The van der Waals surface area contributed by atoms with Gasteiger partial charge in [-0.2, -0.15) is 0 Å². The number of nitrogens with zero attached hydrogens (tertiary/aromatic N) is 3. The Labute approximate surface area is 309 Å². The summed E-state index contributed by atoms with van der Waals surface area (Å²) in [7, 11) is 0. The minimum absolute atomic E-state index is 0.0738. The van der Waals surface area contributed by atoms with Gasteiger partial charge in [-0.3, -0.25) is 9.55 Å². The third-order valence-electron chi connectivity index (χ3n) is 9.75. The van der Waals surface area contributed by atoms with Gasteiger partial charge < -0.3 is 5.11 Å². The SMILES string of the molecule is C=C/C=C(\C=C)c1ccnc(-c2cc(-c3cccc4c3nc(-c3ccccc3O)n4-c3cc(C(C)(C)C)cc(C(C)(C)C)c3)cc(C(C)(C)C)c2)c1. The molecule has 264 valence electrons. The summed E-state index contributed by atoms with van der Waals surface area (Å²) in [4.78, 5) is 10.2. The summed E-state index contributed by atoms with van der Waals surface area (Å²) in [5.41, 5.74) is 12.9. The Morgan fingerprint density at radius 2 is 1.29 bits per heavy atom. The number of allylic oxidation sites excluding steroid dienone is 4. The maximum absolute atomic E-state index is 11.2. The van der Waals surface area contributed by atoms with E-state index in [1.54, 1.807) is 12.1 Å². The number of rotatable bonds is 7. The molecule has 0 unspecified atom stereocenters. The van der Waals surface area contributed by atoms with Crippen molar-refractivity contribution < 1.29 is 5.11 Å². The Morgan fingerprint density at radius 1 is 0.673 bits per heavy atom. The predicted molar refractivity (Wildman–Crippen MR) is 221 cm³/mol. The molecule has 0 amide bonds. The van der Waals surface area contributed by atoms with Gasteiger partial charge in [0.25, 0.3) is 0 Å². The molecule has 4 heteroatoms. The maximum Gasteiger partial charge on any atom is 0.149 e. The van der Waals surface area contributed by atoms with Crippen molar-refractivity contribution in [1.29, 1.82) is 0 Å². The van der Waals surface area contributed by atoms with E-state index in [-0.39, 0.29) is 22.0 Å². The molecule has 4 aromatic carbocycles. The number of benzene rings is 4. The molecule has 0 saturated carbocycles. The highest BCUT2D eigenvalue weighted by molar-refractivity contribution is 5.97. The molecule has 2 heterocycles. The Morgan fingerprint density at radius 3 is 1.90 bits per heavy atom. The molecule has 6 aromatic rings. The summed E-state index contributed by atoms with van der Waals surface area (Å²) in [6.45, 7) is 28.1. The molecular weight excluding hydrogens is 635 g/mol. The first kappa shape index (κ1) is 36.3. The van der Waals surface area contributed by atoms with Gasteiger partial charge in [-0.25, -0.2) is 4.98 Å². The number of fused-ring (bicyclic) bond motifs is 1. The standard InChI is InChI=1S/C48H51N3O/c1-12-17-31(13-2)32-22-23-49-41(27-32)34-24-33(25-35(26-34)46(3,4)5)39-19-16-20-42-44(39)50-45(40-18-14-15-21-43(40)52)51(42)38-29-36(47(6,7)8)28-37(30-38)48(9,10)11/h12-30,52H,1-2H2,3-11H3/b31-17+. The summed E-state index contributed by atoms with van der Waals surface area (Å²) in [6, 6.07) is 31.6. The van der Waals surface area contributed by atoms with Crippen molar-refractivity contribution >= 4 is 16.6 Å². The number of pyridine rings is 1. The van der Waals surface area contributed by atoms with Crippen LogP contribution in [0, 0.1) is 0 Å². The van der Waals surface area contributed by atoms with Crippen molar-refractivity contribution in [3.8, 4) is 45.2 Å². The highest BCUT2D eigenvalue weighted by Crippen LogP contribution is 2.41. The van der Waals surface area contributed by atoms with E-state index in [4.69, 9.17) is 9.97 Å². The highest BCUT2D eigenvalue weighted by Gasteiger charge is 2.25. The number of aromatic hydroxyl groups is 1. The van der Waals surface area contributed by atoms with Crippen LogP contribution in [0.4, 0.5) is 0 Å². The Hall–Kier alpha value is -5.48. The second-order valence-electron chi connectivity index (χ2n) is 16.8. The van der Waals surface area contributed by atoms with E-state index in [9.17, 15) is 5.11 Å². The minimum atomic E-state index is -0.123. The van der Waals surface area contributed by atoms with Crippen molar-refractivity contribution in [2.45, 2.75) is 78.6 Å². The molecule has 0 aliphatic heterocycles. The van der Waals surface area contributed by atoms with Crippen LogP contribution in [-0.4, -0.2) is 19.6 Å². The lowest BCUT2D eigenvalue weighted by molar-refractivity contribution is 0.477. The van der Waals surface area contributed by atoms with Crippen LogP contribution in [0.5, 0.6) is 5.75 Å². The Kier molecular flexibility index (Phi) is 9.48. The van der Waals surface area contributed by atoms with Gasteiger partial charge in [0, 0.05) is 23.0 Å². The number of hydrogen-bond acceptors (Lipinski definition) is 3. The number of phenols is 1. The van der Waals surface area contributed by atoms with E-state index in [1.807, 2.05) is 42.6 Å². The van der Waals surface area contributed by atoms with Gasteiger partial charge in [-0.15, -0.1) is 0 Å². The van der Waals surface area contributed by atoms with E-state index in [0.29, 0.717) is 11.4 Å². The summed E-state index contributed by atoms with van der Waals surface area (Å²) in [5.74, 6) is 0.884. The Balaban J connectivity index is 1.67. The second-order valence-corrected chi connectivity index (χ2v) is 16.8. The molecule has 0 spiro atoms. The number of imidazole rings is 1. The number of aromatic nitrogens is 3. The number of hydrogen-bond donors (Lipinski definition) is 1. The lowest BCUT2D eigenvalue weighted by atomic mass is 9.80. The van der Waals surface area contributed by atoms with E-state index in [0.717, 1.165) is 50.2 Å². The first-order chi connectivity index (χ1) is 24.5. The van der Waals surface area contributed by atoms with Crippen LogP contribution in [0.3, 0.4) is 0 Å². The number of para-hydroxylation sites is 2. The fourth-order valence-corrected chi connectivity index (χ4v) is 6.58. The topological polar surface area (TPSA) is 50.9 Å². The van der Waals surface area contributed by atoms with Crippen molar-refractivity contribution in [2.24, 2.45) is 0 Å². The summed E-state index contributed by atoms with van der Waals surface area (Å²) >= 11 is 0. The summed E-state index contributed by atoms with van der Waals surface area (Å²) < 4.78 is 2.22. The van der Waals surface area contributed by atoms with E-state index in [1.165, 1.54) is 16.7 Å². The summed E-state index contributed by atoms with van der Waals surface area (Å²) in [5, 5.41) is 11.2. The zero-order chi connectivity index (χ0) is 37.6. The van der Waals surface area contributed by atoms with Crippen LogP contribution in [0.25, 0.3) is 56.1 Å². The van der Waals surface area contributed by atoms with Gasteiger partial charge >= 0.3 is 0 Å². The van der Waals surface area contributed by atoms with Gasteiger partial charge in [-0.05, 0) is 104 Å². The quantitative estimate of drug-likeness (QED) is 0.170. The molecule has 0 fully saturated rings. The third kappa shape index (κ3) is 7.16. The average Bonchev–Trinajstić information content (AvgIpc) is 3.49. The molecule has 2 aromatic heterocycles. The molecule has 1 N–H and O–H groups in total. The Bertz CT molecular complexity index is 2320. The summed E-state index contributed by atoms with van der Waals surface area (Å²) in [6.07, 6.45) is 7.44. The fraction of sp³-hybridized carbons (Fsp3) is 0.250. The van der Waals surface area contributed by atoms with E-state index in [2.05, 4.69) is 141 Å². The van der Waals surface area contributed by atoms with Crippen molar-refractivity contribution in [2.75, 3.05) is 0 Å². The van der Waals surface area contributed by atoms with Crippen LogP contribution < -0.4 is 0 Å². The molecule has 0 aliphatic carbocycles. The number of phenolic OH excluding ortho intramolecular Hbond substituents is 1. The van der Waals surface area contributed by atoms with Gasteiger partial charge in [0.1, 0.15) is 11.6 Å². The predicted octanol–water partition coefficient (Wildman–Crippen LogP) is 12.8. The lowest BCUT2D eigenvalue weighted by Crippen LogP contribution is -2.17. The third-order valence-corrected chi connectivity index (χ3v) is 9.75. The van der Waals surface area contributed by atoms with Gasteiger partial charge in [-0.1, -0.05) is 130 Å². The molecule has 4 nitrogen and oxygen atoms in total. The van der Waals surface area contributed by atoms with Crippen LogP contribution in [0.1, 0.15) is 84.6 Å². The first-order valence-electron chi connectivity index (χ1n) is 18.0. The molecule has 0 radical (unpaired) electrons. The van der Waals surface area contributed by atoms with Gasteiger partial charge in [0.2, 0.25) is 0 Å². The maximum atomic E-state index is 11.2. The fourth-order valence-electron chi connectivity index (χ4n) is 6.58. The zero-order valence-electron chi connectivity index (χ0n) is 32.2. The largest absolute Gasteiger partial charge is 0.507 e. The second kappa shape index (κ2) is 13.6. The molecule has 0 atom stereocenters.